The first-order valence-electron chi connectivity index (χ1n) is 8.45. The number of urea groups is 1. The molecule has 0 unspecified atom stereocenters. The van der Waals surface area contributed by atoms with Gasteiger partial charge in [0.2, 0.25) is 0 Å². The molecule has 1 aliphatic carbocycles. The van der Waals surface area contributed by atoms with Crippen LogP contribution in [0.2, 0.25) is 0 Å². The molecule has 1 aliphatic heterocycles. The first kappa shape index (κ1) is 16.5. The van der Waals surface area contributed by atoms with E-state index >= 15 is 0 Å². The zero-order chi connectivity index (χ0) is 16.4. The fourth-order valence-corrected chi connectivity index (χ4v) is 4.71. The highest BCUT2D eigenvalue weighted by molar-refractivity contribution is 7.86. The number of nitrogens with zero attached hydrogens (tertiary/aromatic N) is 3. The summed E-state index contributed by atoms with van der Waals surface area (Å²) in [5.41, 5.74) is 0. The summed E-state index contributed by atoms with van der Waals surface area (Å²) < 4.78 is 13.6. The van der Waals surface area contributed by atoms with Crippen molar-refractivity contribution in [3.63, 3.8) is 0 Å². The minimum Gasteiger partial charge on any atom is -0.322 e. The van der Waals surface area contributed by atoms with Gasteiger partial charge < -0.3 is 4.90 Å². The molecule has 1 saturated heterocycles. The molecule has 0 aromatic carbocycles. The Labute approximate surface area is 140 Å². The van der Waals surface area contributed by atoms with E-state index in [0.717, 1.165) is 18.7 Å². The van der Waals surface area contributed by atoms with Gasteiger partial charge in [-0.05, 0) is 26.7 Å². The summed E-state index contributed by atoms with van der Waals surface area (Å²) in [4.78, 5) is 14.3. The highest BCUT2D eigenvalue weighted by Gasteiger charge is 2.35. The normalized spacial score (nSPS) is 25.3. The fraction of sp³-hybridized carbons (Fsp3) is 0.750. The lowest BCUT2D eigenvalue weighted by Crippen LogP contribution is -2.53. The summed E-state index contributed by atoms with van der Waals surface area (Å²) in [7, 11) is -0.874. The fourth-order valence-electron chi connectivity index (χ4n) is 3.47. The molecule has 7 heteroatoms. The molecule has 2 amide bonds. The van der Waals surface area contributed by atoms with Crippen molar-refractivity contribution in [2.75, 3.05) is 24.2 Å². The molecule has 2 fully saturated rings. The number of nitrogens with one attached hydrogen (secondary N) is 1. The lowest BCUT2D eigenvalue weighted by atomic mass is 9.96. The van der Waals surface area contributed by atoms with Gasteiger partial charge in [0.1, 0.15) is 5.82 Å². The van der Waals surface area contributed by atoms with Gasteiger partial charge >= 0.3 is 6.03 Å². The van der Waals surface area contributed by atoms with Gasteiger partial charge in [-0.3, -0.25) is 9.53 Å². The molecular formula is C16H26N4O2S. The number of amides is 2. The van der Waals surface area contributed by atoms with E-state index in [-0.39, 0.29) is 10.8 Å². The highest BCUT2D eigenvalue weighted by atomic mass is 32.2. The minimum absolute atomic E-state index is 0.118. The number of aromatic nitrogens is 2. The van der Waals surface area contributed by atoms with Gasteiger partial charge in [0, 0.05) is 35.7 Å². The van der Waals surface area contributed by atoms with Crippen LogP contribution in [0.25, 0.3) is 0 Å². The van der Waals surface area contributed by atoms with E-state index in [9.17, 15) is 9.00 Å². The largest absolute Gasteiger partial charge is 0.323 e. The van der Waals surface area contributed by atoms with Crippen LogP contribution in [-0.4, -0.2) is 48.5 Å². The molecule has 23 heavy (non-hydrogen) atoms. The van der Waals surface area contributed by atoms with E-state index < -0.39 is 10.8 Å². The number of hydrogen-bond acceptors (Lipinski definition) is 3. The summed E-state index contributed by atoms with van der Waals surface area (Å²) >= 11 is 0. The monoisotopic (exact) mass is 338 g/mol. The minimum atomic E-state index is -0.874. The van der Waals surface area contributed by atoms with E-state index in [2.05, 4.69) is 10.4 Å². The Bertz CT molecular complexity index is 593. The van der Waals surface area contributed by atoms with Crippen molar-refractivity contribution in [2.24, 2.45) is 0 Å². The second-order valence-electron chi connectivity index (χ2n) is 7.11. The zero-order valence-corrected chi connectivity index (χ0v) is 14.8. The molecular weight excluding hydrogens is 312 g/mol. The quantitative estimate of drug-likeness (QED) is 0.901. The predicted molar refractivity (Wildman–Crippen MR) is 92.0 cm³/mol. The molecule has 1 saturated carbocycles. The van der Waals surface area contributed by atoms with E-state index in [0.29, 0.717) is 24.9 Å². The second kappa shape index (κ2) is 6.63. The van der Waals surface area contributed by atoms with Crippen molar-refractivity contribution < 1.29 is 9.00 Å². The van der Waals surface area contributed by atoms with Gasteiger partial charge in [0.15, 0.2) is 0 Å². The molecule has 1 N–H and O–H groups in total. The van der Waals surface area contributed by atoms with E-state index in [1.165, 1.54) is 19.3 Å². The predicted octanol–water partition coefficient (Wildman–Crippen LogP) is 2.76. The molecule has 0 bridgehead atoms. The summed E-state index contributed by atoms with van der Waals surface area (Å²) in [6.45, 7) is 4.96. The van der Waals surface area contributed by atoms with Crippen molar-refractivity contribution in [3.05, 3.63) is 12.3 Å². The number of carbonyl (C=O) groups excluding carboxylic acids is 1. The van der Waals surface area contributed by atoms with E-state index in [1.807, 2.05) is 24.6 Å². The smallest absolute Gasteiger partial charge is 0.322 e. The van der Waals surface area contributed by atoms with Crippen LogP contribution in [-0.2, 0) is 10.8 Å². The molecule has 2 aliphatic rings. The van der Waals surface area contributed by atoms with Crippen molar-refractivity contribution in [1.29, 1.82) is 0 Å². The summed E-state index contributed by atoms with van der Waals surface area (Å²) in [5, 5.41) is 7.41. The van der Waals surface area contributed by atoms with Gasteiger partial charge in [-0.15, -0.1) is 0 Å². The van der Waals surface area contributed by atoms with Crippen molar-refractivity contribution >= 4 is 22.6 Å². The van der Waals surface area contributed by atoms with Crippen LogP contribution in [0, 0.1) is 0 Å². The Morgan fingerprint density at radius 1 is 1.35 bits per heavy atom. The number of rotatable bonds is 2. The van der Waals surface area contributed by atoms with Crippen LogP contribution in [0.4, 0.5) is 10.6 Å². The highest BCUT2D eigenvalue weighted by Crippen LogP contribution is 2.30. The first-order chi connectivity index (χ1) is 11.0. The lowest BCUT2D eigenvalue weighted by Gasteiger charge is -2.37. The molecule has 1 aromatic rings. The van der Waals surface area contributed by atoms with Crippen LogP contribution in [0.5, 0.6) is 0 Å². The number of carbonyl (C=O) groups is 1. The lowest BCUT2D eigenvalue weighted by molar-refractivity contribution is 0.207. The van der Waals surface area contributed by atoms with Gasteiger partial charge in [0.05, 0.1) is 17.0 Å². The zero-order valence-electron chi connectivity index (χ0n) is 14.0. The SMILES string of the molecule is CC1(C)CN(C(=O)Nc2ccnn2C2CCCCC2)CC[S@@]1=O. The standard InChI is InChI=1S/C16H26N4O2S/c1-16(2)12-19(10-11-23(16)22)15(21)18-14-8-9-17-20(14)13-6-4-3-5-7-13/h8-9,13H,3-7,10-12H2,1-2H3,(H,18,21)/t23-/m0/s1. The Kier molecular flexibility index (Phi) is 4.75. The van der Waals surface area contributed by atoms with Gasteiger partial charge in [-0.2, -0.15) is 5.10 Å². The van der Waals surface area contributed by atoms with Crippen molar-refractivity contribution in [2.45, 2.75) is 56.7 Å². The molecule has 0 radical (unpaired) electrons. The maximum Gasteiger partial charge on any atom is 0.323 e. The Morgan fingerprint density at radius 3 is 2.78 bits per heavy atom. The maximum absolute atomic E-state index is 12.6. The molecule has 0 spiro atoms. The van der Waals surface area contributed by atoms with Crippen LogP contribution >= 0.6 is 0 Å². The van der Waals surface area contributed by atoms with Crippen LogP contribution in [0.1, 0.15) is 52.0 Å². The molecule has 1 aromatic heterocycles. The van der Waals surface area contributed by atoms with Crippen LogP contribution in [0.15, 0.2) is 12.3 Å². The third-order valence-corrected chi connectivity index (χ3v) is 6.76. The first-order valence-corrected chi connectivity index (χ1v) is 9.77. The van der Waals surface area contributed by atoms with Crippen molar-refractivity contribution in [1.82, 2.24) is 14.7 Å². The molecule has 2 heterocycles. The molecule has 1 atom stereocenters. The Hall–Kier alpha value is -1.37. The topological polar surface area (TPSA) is 67.2 Å². The molecule has 6 nitrogen and oxygen atoms in total. The van der Waals surface area contributed by atoms with E-state index in [4.69, 9.17) is 0 Å². The molecule has 3 rings (SSSR count). The van der Waals surface area contributed by atoms with Gasteiger partial charge in [-0.25, -0.2) is 9.48 Å². The third-order valence-electron chi connectivity index (χ3n) is 4.85. The number of anilines is 1. The maximum atomic E-state index is 12.6. The van der Waals surface area contributed by atoms with Crippen LogP contribution < -0.4 is 5.32 Å². The summed E-state index contributed by atoms with van der Waals surface area (Å²) in [6.07, 6.45) is 7.74. The van der Waals surface area contributed by atoms with E-state index in [1.54, 1.807) is 11.1 Å². The number of hydrogen-bond donors (Lipinski definition) is 1. The van der Waals surface area contributed by atoms with Crippen molar-refractivity contribution in [3.8, 4) is 0 Å². The Morgan fingerprint density at radius 2 is 2.09 bits per heavy atom. The summed E-state index contributed by atoms with van der Waals surface area (Å²) in [6, 6.07) is 2.13. The average molecular weight is 338 g/mol. The van der Waals surface area contributed by atoms with Gasteiger partial charge in [0.25, 0.3) is 0 Å². The Balaban J connectivity index is 1.67. The average Bonchev–Trinajstić information content (AvgIpc) is 2.99. The van der Waals surface area contributed by atoms with Crippen LogP contribution in [0.3, 0.4) is 0 Å². The summed E-state index contributed by atoms with van der Waals surface area (Å²) in [5.74, 6) is 1.31. The second-order valence-corrected chi connectivity index (χ2v) is 9.32. The molecule has 128 valence electrons. The van der Waals surface area contributed by atoms with Gasteiger partial charge in [-0.1, -0.05) is 19.3 Å². The third kappa shape index (κ3) is 3.59.